The van der Waals surface area contributed by atoms with Crippen LogP contribution in [0.1, 0.15) is 18.9 Å². The molecule has 20 heavy (non-hydrogen) atoms. The molecule has 3 unspecified atom stereocenters. The van der Waals surface area contributed by atoms with Crippen molar-refractivity contribution in [3.05, 3.63) is 35.9 Å². The molecule has 2 nitrogen and oxygen atoms in total. The van der Waals surface area contributed by atoms with Crippen LogP contribution in [0.5, 0.6) is 0 Å². The molecule has 0 bridgehead atoms. The van der Waals surface area contributed by atoms with Crippen molar-refractivity contribution in [2.75, 3.05) is 26.2 Å². The Balaban J connectivity index is 1.74. The number of rotatable bonds is 4. The number of nitrogens with one attached hydrogen (secondary N) is 1. The molecule has 3 rings (SSSR count). The third kappa shape index (κ3) is 2.47. The van der Waals surface area contributed by atoms with Crippen molar-refractivity contribution in [1.29, 1.82) is 0 Å². The van der Waals surface area contributed by atoms with Crippen LogP contribution in [0.3, 0.4) is 0 Å². The van der Waals surface area contributed by atoms with E-state index in [0.29, 0.717) is 17.9 Å². The summed E-state index contributed by atoms with van der Waals surface area (Å²) in [6, 6.07) is 8.50. The molecule has 0 saturated carbocycles. The number of hydrogen-bond acceptors (Lipinski definition) is 2. The first-order valence-electron chi connectivity index (χ1n) is 7.50. The largest absolute Gasteiger partial charge is 0.316 e. The summed E-state index contributed by atoms with van der Waals surface area (Å²) in [6.07, 6.45) is 0.952. The molecule has 110 valence electrons. The molecule has 4 heteroatoms. The number of benzene rings is 1. The van der Waals surface area contributed by atoms with Crippen LogP contribution in [0.15, 0.2) is 30.3 Å². The second-order valence-corrected chi connectivity index (χ2v) is 6.06. The summed E-state index contributed by atoms with van der Waals surface area (Å²) in [4.78, 5) is 2.02. The summed E-state index contributed by atoms with van der Waals surface area (Å²) in [6.45, 7) is 4.73. The zero-order chi connectivity index (χ0) is 14.2. The summed E-state index contributed by atoms with van der Waals surface area (Å²) in [7, 11) is 0. The first-order valence-corrected chi connectivity index (χ1v) is 7.50. The normalized spacial score (nSPS) is 30.6. The van der Waals surface area contributed by atoms with E-state index in [1.807, 2.05) is 4.90 Å². The quantitative estimate of drug-likeness (QED) is 0.912. The second-order valence-electron chi connectivity index (χ2n) is 6.06. The Bertz CT molecular complexity index is 449. The molecule has 2 fully saturated rings. The van der Waals surface area contributed by atoms with E-state index in [4.69, 9.17) is 0 Å². The Hall–Kier alpha value is -1.00. The van der Waals surface area contributed by atoms with Crippen LogP contribution < -0.4 is 5.32 Å². The van der Waals surface area contributed by atoms with Gasteiger partial charge < -0.3 is 5.32 Å². The van der Waals surface area contributed by atoms with Gasteiger partial charge in [-0.15, -0.1) is 0 Å². The van der Waals surface area contributed by atoms with E-state index in [2.05, 4.69) is 12.2 Å². The van der Waals surface area contributed by atoms with Crippen molar-refractivity contribution in [3.8, 4) is 0 Å². The first kappa shape index (κ1) is 14.0. The second kappa shape index (κ2) is 5.41. The number of nitrogens with zero attached hydrogens (tertiary/aromatic N) is 1. The standard InChI is InChI=1S/C16H22F2N2/c1-2-15-14-9-19-8-12(14)10-20(15)11-16(17,18)13-6-4-3-5-7-13/h3-7,12,14-15,19H,2,8-11H2,1H3. The van der Waals surface area contributed by atoms with Crippen LogP contribution >= 0.6 is 0 Å². The molecule has 0 aliphatic carbocycles. The van der Waals surface area contributed by atoms with E-state index >= 15 is 0 Å². The van der Waals surface area contributed by atoms with E-state index in [1.165, 1.54) is 12.1 Å². The lowest BCUT2D eigenvalue weighted by molar-refractivity contribution is -0.0435. The molecule has 1 N–H and O–H groups in total. The minimum Gasteiger partial charge on any atom is -0.316 e. The molecular formula is C16H22F2N2. The minimum absolute atomic E-state index is 0.130. The molecule has 2 aliphatic rings. The first-order chi connectivity index (χ1) is 9.62. The maximum Gasteiger partial charge on any atom is 0.285 e. The maximum absolute atomic E-state index is 14.4. The molecule has 0 spiro atoms. The van der Waals surface area contributed by atoms with Crippen molar-refractivity contribution in [3.63, 3.8) is 0 Å². The van der Waals surface area contributed by atoms with E-state index in [1.54, 1.807) is 18.2 Å². The molecule has 0 aromatic heterocycles. The van der Waals surface area contributed by atoms with Crippen LogP contribution in [-0.2, 0) is 5.92 Å². The number of likely N-dealkylation sites (tertiary alicyclic amines) is 1. The highest BCUT2D eigenvalue weighted by molar-refractivity contribution is 5.20. The van der Waals surface area contributed by atoms with Crippen molar-refractivity contribution in [2.45, 2.75) is 25.3 Å². The van der Waals surface area contributed by atoms with Gasteiger partial charge in [0.25, 0.3) is 5.92 Å². The Morgan fingerprint density at radius 3 is 2.70 bits per heavy atom. The van der Waals surface area contributed by atoms with Crippen LogP contribution in [-0.4, -0.2) is 37.1 Å². The summed E-state index contributed by atoms with van der Waals surface area (Å²) in [5.41, 5.74) is 0.130. The highest BCUT2D eigenvalue weighted by Crippen LogP contribution is 2.38. The maximum atomic E-state index is 14.4. The highest BCUT2D eigenvalue weighted by Gasteiger charge is 2.46. The fourth-order valence-corrected chi connectivity index (χ4v) is 3.88. The average Bonchev–Trinajstić information content (AvgIpc) is 2.99. The van der Waals surface area contributed by atoms with Crippen molar-refractivity contribution < 1.29 is 8.78 Å². The zero-order valence-electron chi connectivity index (χ0n) is 11.9. The molecule has 2 heterocycles. The van der Waals surface area contributed by atoms with E-state index in [0.717, 1.165) is 26.1 Å². The lowest BCUT2D eigenvalue weighted by Crippen LogP contribution is -2.41. The minimum atomic E-state index is -2.76. The predicted molar refractivity (Wildman–Crippen MR) is 75.8 cm³/mol. The van der Waals surface area contributed by atoms with Crippen molar-refractivity contribution in [1.82, 2.24) is 10.2 Å². The van der Waals surface area contributed by atoms with Gasteiger partial charge in [0.2, 0.25) is 0 Å². The Morgan fingerprint density at radius 2 is 2.00 bits per heavy atom. The summed E-state index contributed by atoms with van der Waals surface area (Å²) in [5.74, 6) is -1.67. The number of fused-ring (bicyclic) bond motifs is 1. The average molecular weight is 280 g/mol. The predicted octanol–water partition coefficient (Wildman–Crippen LogP) is 2.71. The SMILES string of the molecule is CCC1C2CNCC2CN1CC(F)(F)c1ccccc1. The van der Waals surface area contributed by atoms with Gasteiger partial charge >= 0.3 is 0 Å². The van der Waals surface area contributed by atoms with Crippen molar-refractivity contribution >= 4 is 0 Å². The Labute approximate surface area is 119 Å². The Kier molecular flexibility index (Phi) is 3.78. The third-order valence-electron chi connectivity index (χ3n) is 4.84. The fourth-order valence-electron chi connectivity index (χ4n) is 3.88. The molecular weight excluding hydrogens is 258 g/mol. The molecule has 3 atom stereocenters. The van der Waals surface area contributed by atoms with Gasteiger partial charge in [-0.25, -0.2) is 0 Å². The number of halogens is 2. The lowest BCUT2D eigenvalue weighted by atomic mass is 9.93. The van der Waals surface area contributed by atoms with Gasteiger partial charge in [-0.05, 0) is 31.3 Å². The number of hydrogen-bond donors (Lipinski definition) is 1. The van der Waals surface area contributed by atoms with E-state index in [-0.39, 0.29) is 12.1 Å². The molecule has 1 aromatic rings. The van der Waals surface area contributed by atoms with Gasteiger partial charge in [0, 0.05) is 18.2 Å². The molecule has 1 aromatic carbocycles. The smallest absolute Gasteiger partial charge is 0.285 e. The van der Waals surface area contributed by atoms with Gasteiger partial charge in [0.1, 0.15) is 0 Å². The van der Waals surface area contributed by atoms with Crippen LogP contribution in [0, 0.1) is 11.8 Å². The zero-order valence-corrected chi connectivity index (χ0v) is 11.9. The van der Waals surface area contributed by atoms with Crippen LogP contribution in [0.25, 0.3) is 0 Å². The van der Waals surface area contributed by atoms with Gasteiger partial charge in [0.15, 0.2) is 0 Å². The molecule has 0 radical (unpaired) electrons. The fraction of sp³-hybridized carbons (Fsp3) is 0.625. The van der Waals surface area contributed by atoms with Crippen molar-refractivity contribution in [2.24, 2.45) is 11.8 Å². The third-order valence-corrected chi connectivity index (χ3v) is 4.84. The van der Waals surface area contributed by atoms with Gasteiger partial charge in [-0.3, -0.25) is 4.90 Å². The Morgan fingerprint density at radius 1 is 1.25 bits per heavy atom. The number of alkyl halides is 2. The lowest BCUT2D eigenvalue weighted by Gasteiger charge is -2.30. The summed E-state index contributed by atoms with van der Waals surface area (Å²) >= 11 is 0. The van der Waals surface area contributed by atoms with Gasteiger partial charge in [-0.1, -0.05) is 37.3 Å². The molecule has 0 amide bonds. The topological polar surface area (TPSA) is 15.3 Å². The summed E-state index contributed by atoms with van der Waals surface area (Å²) < 4.78 is 28.9. The van der Waals surface area contributed by atoms with Gasteiger partial charge in [0.05, 0.1) is 6.54 Å². The molecule has 2 saturated heterocycles. The monoisotopic (exact) mass is 280 g/mol. The van der Waals surface area contributed by atoms with Crippen LogP contribution in [0.2, 0.25) is 0 Å². The van der Waals surface area contributed by atoms with E-state index < -0.39 is 5.92 Å². The molecule has 2 aliphatic heterocycles. The van der Waals surface area contributed by atoms with E-state index in [9.17, 15) is 8.78 Å². The highest BCUT2D eigenvalue weighted by atomic mass is 19.3. The van der Waals surface area contributed by atoms with Gasteiger partial charge in [-0.2, -0.15) is 8.78 Å². The summed E-state index contributed by atoms with van der Waals surface area (Å²) in [5, 5.41) is 3.39. The van der Waals surface area contributed by atoms with Crippen LogP contribution in [0.4, 0.5) is 8.78 Å².